The SMILES string of the molecule is Nc1cccc(CNC(=O)C2CCC(C(F)(F)F)CC2)c1. The monoisotopic (exact) mass is 300 g/mol. The van der Waals surface area contributed by atoms with Gasteiger partial charge in [0.2, 0.25) is 5.91 Å². The molecule has 1 saturated carbocycles. The Morgan fingerprint density at radius 2 is 1.90 bits per heavy atom. The fourth-order valence-corrected chi connectivity index (χ4v) is 2.72. The van der Waals surface area contributed by atoms with Gasteiger partial charge in [-0.1, -0.05) is 12.1 Å². The van der Waals surface area contributed by atoms with Crippen molar-refractivity contribution in [3.05, 3.63) is 29.8 Å². The highest BCUT2D eigenvalue weighted by molar-refractivity contribution is 5.78. The Balaban J connectivity index is 1.80. The molecule has 0 unspecified atom stereocenters. The Labute approximate surface area is 121 Å². The maximum absolute atomic E-state index is 12.6. The van der Waals surface area contributed by atoms with E-state index in [4.69, 9.17) is 5.73 Å². The summed E-state index contributed by atoms with van der Waals surface area (Å²) in [5.74, 6) is -1.74. The lowest BCUT2D eigenvalue weighted by Gasteiger charge is -2.29. The van der Waals surface area contributed by atoms with Crippen LogP contribution in [0.3, 0.4) is 0 Å². The van der Waals surface area contributed by atoms with E-state index in [-0.39, 0.29) is 24.7 Å². The van der Waals surface area contributed by atoms with Crippen molar-refractivity contribution in [2.45, 2.75) is 38.4 Å². The minimum absolute atomic E-state index is 0.0415. The van der Waals surface area contributed by atoms with Crippen LogP contribution in [0, 0.1) is 11.8 Å². The summed E-state index contributed by atoms with van der Waals surface area (Å²) >= 11 is 0. The highest BCUT2D eigenvalue weighted by Crippen LogP contribution is 2.39. The van der Waals surface area contributed by atoms with Crippen molar-refractivity contribution in [1.29, 1.82) is 0 Å². The van der Waals surface area contributed by atoms with Crippen LogP contribution in [0.25, 0.3) is 0 Å². The van der Waals surface area contributed by atoms with Crippen molar-refractivity contribution >= 4 is 11.6 Å². The molecular formula is C15H19F3N2O. The molecule has 1 aromatic rings. The van der Waals surface area contributed by atoms with Gasteiger partial charge < -0.3 is 11.1 Å². The Bertz CT molecular complexity index is 494. The summed E-state index contributed by atoms with van der Waals surface area (Å²) in [6, 6.07) is 7.16. The molecule has 1 fully saturated rings. The van der Waals surface area contributed by atoms with E-state index in [9.17, 15) is 18.0 Å². The second kappa shape index (κ2) is 6.37. The fraction of sp³-hybridized carbons (Fsp3) is 0.533. The predicted molar refractivity (Wildman–Crippen MR) is 74.2 cm³/mol. The van der Waals surface area contributed by atoms with Gasteiger partial charge in [-0.3, -0.25) is 4.79 Å². The molecule has 0 aliphatic heterocycles. The molecule has 0 radical (unpaired) electrons. The Hall–Kier alpha value is -1.72. The molecule has 116 valence electrons. The Morgan fingerprint density at radius 1 is 1.24 bits per heavy atom. The molecule has 3 nitrogen and oxygen atoms in total. The standard InChI is InChI=1S/C15H19F3N2O/c16-15(17,18)12-6-4-11(5-7-12)14(21)20-9-10-2-1-3-13(19)8-10/h1-3,8,11-12H,4-7,9,19H2,(H,20,21). The number of nitrogen functional groups attached to an aromatic ring is 1. The van der Waals surface area contributed by atoms with E-state index in [1.54, 1.807) is 18.2 Å². The number of alkyl halides is 3. The number of halogens is 3. The van der Waals surface area contributed by atoms with Crippen LogP contribution >= 0.6 is 0 Å². The molecule has 2 rings (SSSR count). The van der Waals surface area contributed by atoms with Crippen LogP contribution in [0.1, 0.15) is 31.2 Å². The molecule has 0 atom stereocenters. The van der Waals surface area contributed by atoms with E-state index in [0.717, 1.165) is 5.56 Å². The number of hydrogen-bond acceptors (Lipinski definition) is 2. The first-order chi connectivity index (χ1) is 9.86. The number of benzene rings is 1. The van der Waals surface area contributed by atoms with E-state index in [1.165, 1.54) is 0 Å². The van der Waals surface area contributed by atoms with Gasteiger partial charge in [0, 0.05) is 18.2 Å². The minimum atomic E-state index is -4.14. The minimum Gasteiger partial charge on any atom is -0.399 e. The number of carbonyl (C=O) groups is 1. The molecule has 0 saturated heterocycles. The van der Waals surface area contributed by atoms with Crippen molar-refractivity contribution in [2.24, 2.45) is 11.8 Å². The van der Waals surface area contributed by atoms with Gasteiger partial charge in [-0.05, 0) is 43.4 Å². The third kappa shape index (κ3) is 4.37. The lowest BCUT2D eigenvalue weighted by atomic mass is 9.81. The molecule has 0 spiro atoms. The molecule has 1 amide bonds. The zero-order valence-electron chi connectivity index (χ0n) is 11.6. The summed E-state index contributed by atoms with van der Waals surface area (Å²) in [6.45, 7) is 0.350. The summed E-state index contributed by atoms with van der Waals surface area (Å²) in [7, 11) is 0. The van der Waals surface area contributed by atoms with Gasteiger partial charge in [0.25, 0.3) is 0 Å². The topological polar surface area (TPSA) is 55.1 Å². The van der Waals surface area contributed by atoms with Crippen LogP contribution < -0.4 is 11.1 Å². The van der Waals surface area contributed by atoms with E-state index >= 15 is 0 Å². The molecule has 1 aromatic carbocycles. The average molecular weight is 300 g/mol. The molecule has 0 bridgehead atoms. The third-order valence-electron chi connectivity index (χ3n) is 3.98. The number of amides is 1. The molecule has 0 heterocycles. The van der Waals surface area contributed by atoms with Crippen molar-refractivity contribution in [1.82, 2.24) is 5.32 Å². The summed E-state index contributed by atoms with van der Waals surface area (Å²) in [6.07, 6.45) is -3.46. The smallest absolute Gasteiger partial charge is 0.391 e. The maximum Gasteiger partial charge on any atom is 0.391 e. The van der Waals surface area contributed by atoms with Gasteiger partial charge >= 0.3 is 6.18 Å². The summed E-state index contributed by atoms with van der Waals surface area (Å²) in [5, 5.41) is 2.77. The Kier molecular flexibility index (Phi) is 4.75. The lowest BCUT2D eigenvalue weighted by molar-refractivity contribution is -0.184. The van der Waals surface area contributed by atoms with E-state index in [2.05, 4.69) is 5.32 Å². The number of hydrogen-bond donors (Lipinski definition) is 2. The maximum atomic E-state index is 12.6. The van der Waals surface area contributed by atoms with Gasteiger partial charge in [-0.2, -0.15) is 13.2 Å². The summed E-state index contributed by atoms with van der Waals surface area (Å²) in [4.78, 5) is 12.0. The zero-order chi connectivity index (χ0) is 15.5. The number of nitrogens with two attached hydrogens (primary N) is 1. The predicted octanol–water partition coefficient (Wildman–Crippen LogP) is 3.25. The quantitative estimate of drug-likeness (QED) is 0.842. The number of rotatable bonds is 3. The first-order valence-corrected chi connectivity index (χ1v) is 7.05. The molecule has 1 aliphatic rings. The largest absolute Gasteiger partial charge is 0.399 e. The lowest BCUT2D eigenvalue weighted by Crippen LogP contribution is -2.35. The Morgan fingerprint density at radius 3 is 2.48 bits per heavy atom. The normalized spacial score (nSPS) is 22.8. The van der Waals surface area contributed by atoms with Crippen molar-refractivity contribution in [3.63, 3.8) is 0 Å². The number of anilines is 1. The molecular weight excluding hydrogens is 281 g/mol. The second-order valence-electron chi connectivity index (χ2n) is 5.55. The summed E-state index contributed by atoms with van der Waals surface area (Å²) in [5.41, 5.74) is 7.14. The van der Waals surface area contributed by atoms with Crippen molar-refractivity contribution in [2.75, 3.05) is 5.73 Å². The molecule has 6 heteroatoms. The van der Waals surface area contributed by atoms with Gasteiger partial charge in [0.15, 0.2) is 0 Å². The molecule has 1 aliphatic carbocycles. The molecule has 3 N–H and O–H groups in total. The molecule has 21 heavy (non-hydrogen) atoms. The highest BCUT2D eigenvalue weighted by Gasteiger charge is 2.42. The van der Waals surface area contributed by atoms with Gasteiger partial charge in [0.1, 0.15) is 0 Å². The molecule has 0 aromatic heterocycles. The van der Waals surface area contributed by atoms with Crippen molar-refractivity contribution < 1.29 is 18.0 Å². The van der Waals surface area contributed by atoms with Gasteiger partial charge in [0.05, 0.1) is 5.92 Å². The van der Waals surface area contributed by atoms with E-state index < -0.39 is 12.1 Å². The van der Waals surface area contributed by atoms with Crippen LogP contribution in [0.4, 0.5) is 18.9 Å². The van der Waals surface area contributed by atoms with Crippen LogP contribution in [0.2, 0.25) is 0 Å². The van der Waals surface area contributed by atoms with Crippen molar-refractivity contribution in [3.8, 4) is 0 Å². The number of carbonyl (C=O) groups excluding carboxylic acids is 1. The summed E-state index contributed by atoms with van der Waals surface area (Å²) < 4.78 is 37.7. The van der Waals surface area contributed by atoms with Crippen LogP contribution in [0.15, 0.2) is 24.3 Å². The number of nitrogens with one attached hydrogen (secondary N) is 1. The second-order valence-corrected chi connectivity index (χ2v) is 5.55. The first kappa shape index (κ1) is 15.7. The van der Waals surface area contributed by atoms with Gasteiger partial charge in [-0.15, -0.1) is 0 Å². The average Bonchev–Trinajstić information content (AvgIpc) is 2.44. The fourth-order valence-electron chi connectivity index (χ4n) is 2.72. The highest BCUT2D eigenvalue weighted by atomic mass is 19.4. The van der Waals surface area contributed by atoms with Gasteiger partial charge in [-0.25, -0.2) is 0 Å². The first-order valence-electron chi connectivity index (χ1n) is 7.05. The van der Waals surface area contributed by atoms with Crippen LogP contribution in [-0.4, -0.2) is 12.1 Å². The van der Waals surface area contributed by atoms with Crippen LogP contribution in [-0.2, 0) is 11.3 Å². The van der Waals surface area contributed by atoms with Crippen LogP contribution in [0.5, 0.6) is 0 Å². The van der Waals surface area contributed by atoms with E-state index in [1.807, 2.05) is 6.07 Å². The van der Waals surface area contributed by atoms with E-state index in [0.29, 0.717) is 25.1 Å². The zero-order valence-corrected chi connectivity index (χ0v) is 11.6. The third-order valence-corrected chi connectivity index (χ3v) is 3.98.